The molecule has 0 aliphatic carbocycles. The van der Waals surface area contributed by atoms with Crippen LogP contribution >= 0.6 is 11.6 Å². The van der Waals surface area contributed by atoms with Crippen LogP contribution in [-0.4, -0.2) is 46.5 Å². The van der Waals surface area contributed by atoms with Crippen molar-refractivity contribution in [2.75, 3.05) is 25.0 Å². The molecular weight excluding hydrogens is 342 g/mol. The number of anilines is 1. The van der Waals surface area contributed by atoms with Gasteiger partial charge < -0.3 is 15.3 Å². The van der Waals surface area contributed by atoms with Crippen molar-refractivity contribution in [1.82, 2.24) is 9.88 Å². The number of carbonyl (C=O) groups is 2. The molecule has 1 aromatic heterocycles. The highest BCUT2D eigenvalue weighted by atomic mass is 35.5. The van der Waals surface area contributed by atoms with Crippen LogP contribution < -0.4 is 5.32 Å². The van der Waals surface area contributed by atoms with E-state index in [0.717, 1.165) is 38.8 Å². The number of pyridine rings is 1. The summed E-state index contributed by atoms with van der Waals surface area (Å²) in [5.74, 6) is -1.12. The van der Waals surface area contributed by atoms with Crippen molar-refractivity contribution in [3.63, 3.8) is 0 Å². The number of amides is 1. The number of carbonyl (C=O) groups excluding carboxylic acids is 1. The van der Waals surface area contributed by atoms with Gasteiger partial charge in [-0.3, -0.25) is 9.78 Å². The molecule has 2 heterocycles. The van der Waals surface area contributed by atoms with E-state index >= 15 is 0 Å². The van der Waals surface area contributed by atoms with Crippen LogP contribution in [0.2, 0.25) is 5.02 Å². The number of aromatic nitrogens is 1. The zero-order valence-electron chi connectivity index (χ0n) is 13.8. The zero-order chi connectivity index (χ0) is 17.8. The van der Waals surface area contributed by atoms with Crippen molar-refractivity contribution < 1.29 is 14.7 Å². The number of hydrogen-bond acceptors (Lipinski definition) is 4. The van der Waals surface area contributed by atoms with Crippen molar-refractivity contribution in [3.8, 4) is 0 Å². The second kappa shape index (κ2) is 7.70. The summed E-state index contributed by atoms with van der Waals surface area (Å²) in [6.45, 7) is 1.57. The number of aromatic carboxylic acids is 1. The molecule has 0 bridgehead atoms. The summed E-state index contributed by atoms with van der Waals surface area (Å²) in [5, 5.41) is 13.5. The monoisotopic (exact) mass is 361 g/mol. The van der Waals surface area contributed by atoms with Gasteiger partial charge in [0.2, 0.25) is 5.91 Å². The van der Waals surface area contributed by atoms with Crippen LogP contribution in [0.15, 0.2) is 24.4 Å². The Morgan fingerprint density at radius 2 is 1.92 bits per heavy atom. The summed E-state index contributed by atoms with van der Waals surface area (Å²) in [4.78, 5) is 30.0. The van der Waals surface area contributed by atoms with Crippen LogP contribution in [0.4, 0.5) is 5.69 Å². The largest absolute Gasteiger partial charge is 0.478 e. The fourth-order valence-electron chi connectivity index (χ4n) is 3.11. The second-order valence-corrected chi connectivity index (χ2v) is 6.60. The van der Waals surface area contributed by atoms with Crippen LogP contribution in [-0.2, 0) is 4.79 Å². The van der Waals surface area contributed by atoms with Crippen LogP contribution in [0, 0.1) is 0 Å². The first-order valence-electron chi connectivity index (χ1n) is 8.39. The fourth-order valence-corrected chi connectivity index (χ4v) is 3.29. The van der Waals surface area contributed by atoms with Crippen molar-refractivity contribution in [1.29, 1.82) is 0 Å². The van der Waals surface area contributed by atoms with E-state index in [9.17, 15) is 14.7 Å². The van der Waals surface area contributed by atoms with Gasteiger partial charge in [0.25, 0.3) is 0 Å². The number of carboxylic acid groups (broad SMARTS) is 1. The van der Waals surface area contributed by atoms with E-state index in [1.165, 1.54) is 6.20 Å². The number of fused-ring (bicyclic) bond motifs is 1. The first-order valence-corrected chi connectivity index (χ1v) is 8.77. The number of halogens is 1. The van der Waals surface area contributed by atoms with Crippen LogP contribution in [0.1, 0.15) is 36.0 Å². The average molecular weight is 362 g/mol. The highest BCUT2D eigenvalue weighted by Gasteiger charge is 2.19. The molecule has 0 spiro atoms. The maximum atomic E-state index is 12.5. The van der Waals surface area contributed by atoms with Crippen LogP contribution in [0.3, 0.4) is 0 Å². The van der Waals surface area contributed by atoms with Crippen molar-refractivity contribution in [2.24, 2.45) is 0 Å². The SMILES string of the molecule is O=C(O)c1cnc2ccc(Cl)cc2c1NCC(=O)N1CCCCCC1. The van der Waals surface area contributed by atoms with Gasteiger partial charge in [-0.1, -0.05) is 24.4 Å². The molecule has 132 valence electrons. The molecule has 1 aliphatic rings. The Balaban J connectivity index is 1.86. The highest BCUT2D eigenvalue weighted by molar-refractivity contribution is 6.31. The number of hydrogen-bond donors (Lipinski definition) is 2. The van der Waals surface area contributed by atoms with Gasteiger partial charge in [0.05, 0.1) is 17.7 Å². The highest BCUT2D eigenvalue weighted by Crippen LogP contribution is 2.28. The smallest absolute Gasteiger partial charge is 0.339 e. The number of nitrogens with one attached hydrogen (secondary N) is 1. The lowest BCUT2D eigenvalue weighted by Gasteiger charge is -2.21. The van der Waals surface area contributed by atoms with Gasteiger partial charge in [-0.25, -0.2) is 4.79 Å². The second-order valence-electron chi connectivity index (χ2n) is 6.16. The van der Waals surface area contributed by atoms with Gasteiger partial charge >= 0.3 is 5.97 Å². The Morgan fingerprint density at radius 3 is 2.60 bits per heavy atom. The number of benzene rings is 1. The maximum Gasteiger partial charge on any atom is 0.339 e. The van der Waals surface area contributed by atoms with E-state index < -0.39 is 5.97 Å². The lowest BCUT2D eigenvalue weighted by Crippen LogP contribution is -2.36. The van der Waals surface area contributed by atoms with Gasteiger partial charge in [0.15, 0.2) is 0 Å². The molecule has 1 aliphatic heterocycles. The van der Waals surface area contributed by atoms with Crippen LogP contribution in [0.5, 0.6) is 0 Å². The Kier molecular flexibility index (Phi) is 5.38. The van der Waals surface area contributed by atoms with Gasteiger partial charge in [0.1, 0.15) is 5.56 Å². The summed E-state index contributed by atoms with van der Waals surface area (Å²) >= 11 is 6.05. The first kappa shape index (κ1) is 17.5. The minimum Gasteiger partial charge on any atom is -0.478 e. The topological polar surface area (TPSA) is 82.5 Å². The first-order chi connectivity index (χ1) is 12.1. The molecule has 2 aromatic rings. The number of carboxylic acids is 1. The predicted octanol–water partition coefficient (Wildman–Crippen LogP) is 3.40. The molecular formula is C18H20ClN3O3. The van der Waals surface area contributed by atoms with Crippen LogP contribution in [0.25, 0.3) is 10.9 Å². The summed E-state index contributed by atoms with van der Waals surface area (Å²) in [5.41, 5.74) is 1.03. The summed E-state index contributed by atoms with van der Waals surface area (Å²) < 4.78 is 0. The molecule has 7 heteroatoms. The summed E-state index contributed by atoms with van der Waals surface area (Å²) in [6.07, 6.45) is 5.62. The predicted molar refractivity (Wildman–Crippen MR) is 97.3 cm³/mol. The third-order valence-electron chi connectivity index (χ3n) is 4.44. The zero-order valence-corrected chi connectivity index (χ0v) is 14.6. The van der Waals surface area contributed by atoms with E-state index in [1.54, 1.807) is 18.2 Å². The van der Waals surface area contributed by atoms with E-state index in [4.69, 9.17) is 11.6 Å². The number of rotatable bonds is 4. The fraction of sp³-hybridized carbons (Fsp3) is 0.389. The third-order valence-corrected chi connectivity index (χ3v) is 4.67. The molecule has 0 unspecified atom stereocenters. The lowest BCUT2D eigenvalue weighted by molar-refractivity contribution is -0.129. The summed E-state index contributed by atoms with van der Waals surface area (Å²) in [6, 6.07) is 5.09. The van der Waals surface area contributed by atoms with Gasteiger partial charge in [0, 0.05) is 29.7 Å². The molecule has 1 fully saturated rings. The average Bonchev–Trinajstić information content (AvgIpc) is 2.88. The van der Waals surface area contributed by atoms with Gasteiger partial charge in [-0.05, 0) is 31.0 Å². The maximum absolute atomic E-state index is 12.5. The molecule has 0 saturated carbocycles. The Hall–Kier alpha value is -2.34. The number of nitrogens with zero attached hydrogens (tertiary/aromatic N) is 2. The Bertz CT molecular complexity index is 801. The third kappa shape index (κ3) is 4.02. The lowest BCUT2D eigenvalue weighted by atomic mass is 10.1. The van der Waals surface area contributed by atoms with E-state index in [2.05, 4.69) is 10.3 Å². The normalized spacial score (nSPS) is 15.0. The minimum absolute atomic E-state index is 0.0229. The Labute approximate surface area is 150 Å². The van der Waals surface area contributed by atoms with E-state index in [0.29, 0.717) is 21.6 Å². The van der Waals surface area contributed by atoms with Gasteiger partial charge in [-0.15, -0.1) is 0 Å². The molecule has 0 atom stereocenters. The van der Waals surface area contributed by atoms with Crippen molar-refractivity contribution >= 4 is 40.1 Å². The molecule has 3 rings (SSSR count). The number of likely N-dealkylation sites (tertiary alicyclic amines) is 1. The Morgan fingerprint density at radius 1 is 1.20 bits per heavy atom. The minimum atomic E-state index is -1.10. The molecule has 1 saturated heterocycles. The molecule has 6 nitrogen and oxygen atoms in total. The van der Waals surface area contributed by atoms with E-state index in [1.807, 2.05) is 4.90 Å². The molecule has 25 heavy (non-hydrogen) atoms. The molecule has 0 radical (unpaired) electrons. The summed E-state index contributed by atoms with van der Waals surface area (Å²) in [7, 11) is 0. The molecule has 2 N–H and O–H groups in total. The molecule has 1 amide bonds. The molecule has 1 aromatic carbocycles. The quantitative estimate of drug-likeness (QED) is 0.872. The van der Waals surface area contributed by atoms with Crippen molar-refractivity contribution in [2.45, 2.75) is 25.7 Å². The van der Waals surface area contributed by atoms with E-state index in [-0.39, 0.29) is 18.0 Å². The standard InChI is InChI=1S/C18H20ClN3O3/c19-12-5-6-15-13(9-12)17(14(10-20-15)18(24)25)21-11-16(23)22-7-3-1-2-4-8-22/h5-6,9-10H,1-4,7-8,11H2,(H,20,21)(H,24,25). The van der Waals surface area contributed by atoms with Gasteiger partial charge in [-0.2, -0.15) is 0 Å². The van der Waals surface area contributed by atoms with Crippen molar-refractivity contribution in [3.05, 3.63) is 35.0 Å².